The molecule has 0 saturated carbocycles. The Morgan fingerprint density at radius 2 is 1.85 bits per heavy atom. The first-order valence-corrected chi connectivity index (χ1v) is 5.59. The van der Waals surface area contributed by atoms with Gasteiger partial charge in [-0.05, 0) is 41.1 Å². The van der Waals surface area contributed by atoms with Crippen LogP contribution in [0.5, 0.6) is 0 Å². The largest absolute Gasteiger partial charge is 0.347 e. The van der Waals surface area contributed by atoms with Gasteiger partial charge in [0.2, 0.25) is 0 Å². The molecule has 0 amide bonds. The van der Waals surface area contributed by atoms with Gasteiger partial charge in [-0.15, -0.1) is 0 Å². The lowest BCUT2D eigenvalue weighted by atomic mass is 10.2. The van der Waals surface area contributed by atoms with Crippen LogP contribution in [-0.4, -0.2) is 4.57 Å². The molecule has 0 atom stereocenters. The molecule has 0 radical (unpaired) electrons. The van der Waals surface area contributed by atoms with E-state index in [9.17, 15) is 0 Å². The van der Waals surface area contributed by atoms with E-state index < -0.39 is 0 Å². The summed E-state index contributed by atoms with van der Waals surface area (Å²) in [5, 5.41) is 1.27. The summed E-state index contributed by atoms with van der Waals surface area (Å²) in [7, 11) is 2.08. The van der Waals surface area contributed by atoms with Crippen LogP contribution in [-0.2, 0) is 7.05 Å². The number of aromatic nitrogens is 1. The number of hydrogen-bond donors (Lipinski definition) is 0. The van der Waals surface area contributed by atoms with E-state index in [1.165, 1.54) is 16.6 Å². The van der Waals surface area contributed by atoms with Gasteiger partial charge in [0.25, 0.3) is 0 Å². The molecular weight excluding hydrogens is 294 g/mol. The normalized spacial score (nSPS) is 11.1. The molecule has 0 aliphatic heterocycles. The molecule has 1 heterocycles. The predicted molar refractivity (Wildman–Crippen MR) is 63.1 cm³/mol. The molecule has 0 unspecified atom stereocenters. The Morgan fingerprint density at radius 3 is 2.54 bits per heavy atom. The van der Waals surface area contributed by atoms with E-state index in [2.05, 4.69) is 68.6 Å². The van der Waals surface area contributed by atoms with Crippen LogP contribution in [0.2, 0.25) is 0 Å². The van der Waals surface area contributed by atoms with E-state index in [1.54, 1.807) is 0 Å². The lowest BCUT2D eigenvalue weighted by molar-refractivity contribution is 0.916. The van der Waals surface area contributed by atoms with Crippen LogP contribution in [0, 0.1) is 6.92 Å². The van der Waals surface area contributed by atoms with Crippen LogP contribution < -0.4 is 0 Å². The number of nitrogens with zero attached hydrogens (tertiary/aromatic N) is 1. The number of benzene rings is 1. The van der Waals surface area contributed by atoms with E-state index in [0.717, 1.165) is 8.95 Å². The van der Waals surface area contributed by atoms with Crippen molar-refractivity contribution in [2.75, 3.05) is 0 Å². The van der Waals surface area contributed by atoms with E-state index in [0.29, 0.717) is 0 Å². The quantitative estimate of drug-likeness (QED) is 0.693. The van der Waals surface area contributed by atoms with Crippen LogP contribution in [0.15, 0.2) is 27.1 Å². The average Bonchev–Trinajstić information content (AvgIpc) is 2.27. The number of rotatable bonds is 0. The van der Waals surface area contributed by atoms with E-state index in [-0.39, 0.29) is 0 Å². The lowest BCUT2D eigenvalue weighted by Crippen LogP contribution is -1.89. The number of fused-ring (bicyclic) bond motifs is 1. The van der Waals surface area contributed by atoms with Gasteiger partial charge in [0, 0.05) is 27.1 Å². The third kappa shape index (κ3) is 1.44. The summed E-state index contributed by atoms with van der Waals surface area (Å²) < 4.78 is 4.43. The number of hydrogen-bond acceptors (Lipinski definition) is 0. The van der Waals surface area contributed by atoms with Crippen molar-refractivity contribution in [3.8, 4) is 0 Å². The molecular formula is C10H9Br2N. The highest BCUT2D eigenvalue weighted by atomic mass is 79.9. The fourth-order valence-electron chi connectivity index (χ4n) is 1.55. The van der Waals surface area contributed by atoms with Crippen molar-refractivity contribution in [1.82, 2.24) is 4.57 Å². The zero-order valence-electron chi connectivity index (χ0n) is 7.44. The molecule has 68 valence electrons. The minimum atomic E-state index is 1.11. The summed E-state index contributed by atoms with van der Waals surface area (Å²) in [4.78, 5) is 0. The first-order chi connectivity index (χ1) is 6.09. The minimum absolute atomic E-state index is 1.11. The maximum Gasteiger partial charge on any atom is 0.0624 e. The van der Waals surface area contributed by atoms with Crippen molar-refractivity contribution >= 4 is 42.8 Å². The molecule has 0 aliphatic carbocycles. The molecule has 0 saturated heterocycles. The molecule has 0 fully saturated rings. The van der Waals surface area contributed by atoms with Crippen molar-refractivity contribution in [2.24, 2.45) is 7.05 Å². The van der Waals surface area contributed by atoms with E-state index in [4.69, 9.17) is 0 Å². The molecule has 1 aromatic carbocycles. The molecule has 13 heavy (non-hydrogen) atoms. The lowest BCUT2D eigenvalue weighted by Gasteiger charge is -2.01. The van der Waals surface area contributed by atoms with Crippen LogP contribution in [0.25, 0.3) is 10.9 Å². The summed E-state index contributed by atoms with van der Waals surface area (Å²) in [5.74, 6) is 0. The van der Waals surface area contributed by atoms with Crippen molar-refractivity contribution < 1.29 is 0 Å². The number of aryl methyl sites for hydroxylation is 2. The summed E-state index contributed by atoms with van der Waals surface area (Å²) in [5.41, 5.74) is 2.52. The van der Waals surface area contributed by atoms with Gasteiger partial charge < -0.3 is 4.57 Å². The Labute approximate surface area is 94.0 Å². The summed E-state index contributed by atoms with van der Waals surface area (Å²) in [6.07, 6.45) is 0. The maximum absolute atomic E-state index is 3.56. The van der Waals surface area contributed by atoms with Gasteiger partial charge >= 0.3 is 0 Å². The van der Waals surface area contributed by atoms with Gasteiger partial charge in [0.1, 0.15) is 0 Å². The van der Waals surface area contributed by atoms with Gasteiger partial charge in [0.05, 0.1) is 5.52 Å². The fraction of sp³-hybridized carbons (Fsp3) is 0.200. The van der Waals surface area contributed by atoms with Crippen LogP contribution in [0.1, 0.15) is 5.69 Å². The highest BCUT2D eigenvalue weighted by Crippen LogP contribution is 2.30. The highest BCUT2D eigenvalue weighted by molar-refractivity contribution is 9.11. The van der Waals surface area contributed by atoms with Crippen molar-refractivity contribution in [3.05, 3.63) is 32.8 Å². The molecule has 0 N–H and O–H groups in total. The standard InChI is InChI=1S/C10H9Br2N/c1-6-3-7-4-8(11)5-9(12)10(7)13(6)2/h3-5H,1-2H3. The minimum Gasteiger partial charge on any atom is -0.347 e. The second-order valence-electron chi connectivity index (χ2n) is 3.17. The van der Waals surface area contributed by atoms with E-state index >= 15 is 0 Å². The van der Waals surface area contributed by atoms with Crippen LogP contribution in [0.3, 0.4) is 0 Å². The van der Waals surface area contributed by atoms with Gasteiger partial charge in [-0.1, -0.05) is 15.9 Å². The average molecular weight is 303 g/mol. The molecule has 1 nitrogen and oxygen atoms in total. The van der Waals surface area contributed by atoms with Crippen LogP contribution >= 0.6 is 31.9 Å². The third-order valence-electron chi connectivity index (χ3n) is 2.29. The van der Waals surface area contributed by atoms with Crippen LogP contribution in [0.4, 0.5) is 0 Å². The van der Waals surface area contributed by atoms with Gasteiger partial charge in [0.15, 0.2) is 0 Å². The van der Waals surface area contributed by atoms with Gasteiger partial charge in [-0.2, -0.15) is 0 Å². The molecule has 2 rings (SSSR count). The van der Waals surface area contributed by atoms with Crippen molar-refractivity contribution in [3.63, 3.8) is 0 Å². The Bertz CT molecular complexity index is 471. The van der Waals surface area contributed by atoms with Gasteiger partial charge in [-0.25, -0.2) is 0 Å². The molecule has 0 bridgehead atoms. The Hall–Kier alpha value is -0.280. The SMILES string of the molecule is Cc1cc2cc(Br)cc(Br)c2n1C. The second kappa shape index (κ2) is 3.14. The van der Waals surface area contributed by atoms with Crippen molar-refractivity contribution in [2.45, 2.75) is 6.92 Å². The Morgan fingerprint density at radius 1 is 1.15 bits per heavy atom. The second-order valence-corrected chi connectivity index (χ2v) is 4.94. The summed E-state index contributed by atoms with van der Waals surface area (Å²) in [6, 6.07) is 6.39. The zero-order chi connectivity index (χ0) is 9.59. The molecule has 0 aliphatic rings. The maximum atomic E-state index is 3.56. The van der Waals surface area contributed by atoms with Crippen molar-refractivity contribution in [1.29, 1.82) is 0 Å². The number of halogens is 2. The first kappa shape index (κ1) is 9.28. The molecule has 1 aromatic heterocycles. The summed E-state index contributed by atoms with van der Waals surface area (Å²) >= 11 is 7.04. The molecule has 3 heteroatoms. The van der Waals surface area contributed by atoms with E-state index in [1.807, 2.05) is 0 Å². The smallest absolute Gasteiger partial charge is 0.0624 e. The Kier molecular flexibility index (Phi) is 2.24. The molecule has 2 aromatic rings. The molecule has 0 spiro atoms. The Balaban J connectivity index is 2.94. The first-order valence-electron chi connectivity index (χ1n) is 4.00. The monoisotopic (exact) mass is 301 g/mol. The fourth-order valence-corrected chi connectivity index (χ4v) is 3.07. The zero-order valence-corrected chi connectivity index (χ0v) is 10.6. The topological polar surface area (TPSA) is 4.93 Å². The summed E-state index contributed by atoms with van der Waals surface area (Å²) in [6.45, 7) is 2.11. The van der Waals surface area contributed by atoms with Gasteiger partial charge in [-0.3, -0.25) is 0 Å². The highest BCUT2D eigenvalue weighted by Gasteiger charge is 2.06. The third-order valence-corrected chi connectivity index (χ3v) is 3.35. The predicted octanol–water partition coefficient (Wildman–Crippen LogP) is 4.01.